The zero-order valence-electron chi connectivity index (χ0n) is 17.6. The van der Waals surface area contributed by atoms with Gasteiger partial charge in [-0.3, -0.25) is 4.31 Å². The van der Waals surface area contributed by atoms with Gasteiger partial charge in [0.25, 0.3) is 0 Å². The van der Waals surface area contributed by atoms with Crippen molar-refractivity contribution in [2.75, 3.05) is 28.2 Å². The Morgan fingerprint density at radius 2 is 1.76 bits per heavy atom. The molecule has 180 valence electrons. The van der Waals surface area contributed by atoms with E-state index in [2.05, 4.69) is 20.6 Å². The molecule has 1 heterocycles. The van der Waals surface area contributed by atoms with E-state index in [0.717, 1.165) is 28.8 Å². The number of nitrogens with one attached hydrogen (secondary N) is 2. The number of carboxylic acids is 1. The number of carboxylic acid groups (broad SMARTS) is 1. The number of nitrogens with zero attached hydrogens (tertiary/aromatic N) is 3. The summed E-state index contributed by atoms with van der Waals surface area (Å²) in [6.07, 6.45) is -3.46. The van der Waals surface area contributed by atoms with Crippen LogP contribution < -0.4 is 14.9 Å². The second-order valence-electron chi connectivity index (χ2n) is 6.95. The van der Waals surface area contributed by atoms with E-state index in [0.29, 0.717) is 6.20 Å². The number of aromatic nitrogens is 2. The minimum Gasteiger partial charge on any atom is -0.478 e. The first-order valence-corrected chi connectivity index (χ1v) is 11.2. The molecular formula is C20H17F4N5O4S. The van der Waals surface area contributed by atoms with Crippen molar-refractivity contribution in [1.82, 2.24) is 9.97 Å². The summed E-state index contributed by atoms with van der Waals surface area (Å²) in [4.78, 5) is 18.3. The Kier molecular flexibility index (Phi) is 6.63. The van der Waals surface area contributed by atoms with Gasteiger partial charge in [0.1, 0.15) is 17.2 Å². The molecule has 0 radical (unpaired) electrons. The molecule has 0 amide bonds. The van der Waals surface area contributed by atoms with Gasteiger partial charge >= 0.3 is 12.1 Å². The van der Waals surface area contributed by atoms with E-state index in [-0.39, 0.29) is 22.6 Å². The van der Waals surface area contributed by atoms with Gasteiger partial charge in [0, 0.05) is 13.2 Å². The number of halogens is 4. The van der Waals surface area contributed by atoms with Gasteiger partial charge in [-0.25, -0.2) is 22.6 Å². The Balaban J connectivity index is 2.03. The molecule has 1 aromatic heterocycles. The summed E-state index contributed by atoms with van der Waals surface area (Å²) in [7, 11) is -2.50. The molecule has 0 saturated carbocycles. The molecule has 0 aliphatic heterocycles. The summed E-state index contributed by atoms with van der Waals surface area (Å²) in [6, 6.07) is 8.62. The van der Waals surface area contributed by atoms with Gasteiger partial charge in [0.2, 0.25) is 16.0 Å². The van der Waals surface area contributed by atoms with Gasteiger partial charge < -0.3 is 15.7 Å². The van der Waals surface area contributed by atoms with Crippen LogP contribution in [0.5, 0.6) is 0 Å². The van der Waals surface area contributed by atoms with Crippen molar-refractivity contribution in [1.29, 1.82) is 0 Å². The van der Waals surface area contributed by atoms with Crippen molar-refractivity contribution >= 4 is 44.8 Å². The largest absolute Gasteiger partial charge is 0.478 e. The van der Waals surface area contributed by atoms with E-state index in [9.17, 15) is 30.8 Å². The Bertz CT molecular complexity index is 1350. The van der Waals surface area contributed by atoms with E-state index in [1.165, 1.54) is 31.3 Å². The number of para-hydroxylation sites is 2. The van der Waals surface area contributed by atoms with Gasteiger partial charge in [0.15, 0.2) is 0 Å². The molecule has 2 aromatic carbocycles. The lowest BCUT2D eigenvalue weighted by atomic mass is 10.2. The quantitative estimate of drug-likeness (QED) is 0.413. The van der Waals surface area contributed by atoms with Crippen molar-refractivity contribution in [2.24, 2.45) is 0 Å². The Morgan fingerprint density at radius 3 is 2.35 bits per heavy atom. The Morgan fingerprint density at radius 1 is 1.09 bits per heavy atom. The van der Waals surface area contributed by atoms with Crippen molar-refractivity contribution in [3.8, 4) is 0 Å². The van der Waals surface area contributed by atoms with Crippen LogP contribution in [-0.2, 0) is 16.2 Å². The molecule has 14 heteroatoms. The maximum Gasteiger partial charge on any atom is 0.421 e. The highest BCUT2D eigenvalue weighted by Crippen LogP contribution is 2.37. The fourth-order valence-corrected chi connectivity index (χ4v) is 3.29. The monoisotopic (exact) mass is 499 g/mol. The summed E-state index contributed by atoms with van der Waals surface area (Å²) in [5.41, 5.74) is -1.79. The molecule has 0 unspecified atom stereocenters. The van der Waals surface area contributed by atoms with Crippen LogP contribution in [0.25, 0.3) is 0 Å². The summed E-state index contributed by atoms with van der Waals surface area (Å²) in [6.45, 7) is 0. The molecule has 3 aromatic rings. The third-order valence-corrected chi connectivity index (χ3v) is 5.74. The van der Waals surface area contributed by atoms with Crippen LogP contribution in [0.1, 0.15) is 15.9 Å². The fourth-order valence-electron chi connectivity index (χ4n) is 2.77. The van der Waals surface area contributed by atoms with Gasteiger partial charge in [-0.1, -0.05) is 12.1 Å². The predicted molar refractivity (Wildman–Crippen MR) is 117 cm³/mol. The smallest absolute Gasteiger partial charge is 0.421 e. The van der Waals surface area contributed by atoms with Crippen LogP contribution in [0.4, 0.5) is 46.4 Å². The van der Waals surface area contributed by atoms with Crippen LogP contribution in [0.2, 0.25) is 0 Å². The molecule has 0 aliphatic carbocycles. The molecule has 3 N–H and O–H groups in total. The lowest BCUT2D eigenvalue weighted by molar-refractivity contribution is -0.137. The highest BCUT2D eigenvalue weighted by Gasteiger charge is 2.35. The number of sulfonamides is 1. The Hall–Kier alpha value is -3.94. The molecule has 9 nitrogen and oxygen atoms in total. The molecule has 0 fully saturated rings. The van der Waals surface area contributed by atoms with E-state index in [4.69, 9.17) is 5.11 Å². The number of anilines is 5. The molecule has 0 aliphatic rings. The van der Waals surface area contributed by atoms with Crippen LogP contribution >= 0.6 is 0 Å². The van der Waals surface area contributed by atoms with Gasteiger partial charge in [0.05, 0.1) is 28.9 Å². The van der Waals surface area contributed by atoms with Crippen LogP contribution in [-0.4, -0.2) is 42.8 Å². The first kappa shape index (κ1) is 24.7. The standard InChI is InChI=1S/C20H17F4N5O4S/c1-29(34(2,32)33)16-6-4-3-5-15(16)26-17-12(20(22,23)24)10-25-19(28-17)27-14-8-7-11(18(30)31)9-13(14)21/h3-10H,1-2H3,(H,30,31)(H2,25,26,27,28). The molecule has 34 heavy (non-hydrogen) atoms. The molecule has 0 spiro atoms. The van der Waals surface area contributed by atoms with Gasteiger partial charge in [-0.15, -0.1) is 0 Å². The minimum absolute atomic E-state index is 0.00238. The van der Waals surface area contributed by atoms with E-state index >= 15 is 0 Å². The lowest BCUT2D eigenvalue weighted by Gasteiger charge is -2.22. The number of hydrogen-bond acceptors (Lipinski definition) is 7. The summed E-state index contributed by atoms with van der Waals surface area (Å²) >= 11 is 0. The van der Waals surface area contributed by atoms with Gasteiger partial charge in [-0.05, 0) is 30.3 Å². The van der Waals surface area contributed by atoms with Crippen molar-refractivity contribution in [3.63, 3.8) is 0 Å². The first-order chi connectivity index (χ1) is 15.8. The third-order valence-electron chi connectivity index (χ3n) is 4.55. The van der Waals surface area contributed by atoms with Crippen LogP contribution in [0.15, 0.2) is 48.7 Å². The number of rotatable bonds is 7. The number of carbonyl (C=O) groups is 1. The summed E-state index contributed by atoms with van der Waals surface area (Å²) in [5, 5.41) is 13.8. The average molecular weight is 499 g/mol. The normalized spacial score (nSPS) is 11.7. The molecule has 0 bridgehead atoms. The molecular weight excluding hydrogens is 482 g/mol. The lowest BCUT2D eigenvalue weighted by Crippen LogP contribution is -2.25. The number of alkyl halides is 3. The second-order valence-corrected chi connectivity index (χ2v) is 8.96. The van der Waals surface area contributed by atoms with Crippen molar-refractivity contribution in [2.45, 2.75) is 6.18 Å². The van der Waals surface area contributed by atoms with Crippen molar-refractivity contribution in [3.05, 3.63) is 65.6 Å². The third kappa shape index (κ3) is 5.51. The SMILES string of the molecule is CN(c1ccccc1Nc1nc(Nc2ccc(C(=O)O)cc2F)ncc1C(F)(F)F)S(C)(=O)=O. The number of hydrogen-bond donors (Lipinski definition) is 3. The molecule has 3 rings (SSSR count). The zero-order valence-corrected chi connectivity index (χ0v) is 18.4. The van der Waals surface area contributed by atoms with E-state index < -0.39 is 45.3 Å². The second kappa shape index (κ2) is 9.13. The van der Waals surface area contributed by atoms with E-state index in [1.54, 1.807) is 0 Å². The van der Waals surface area contributed by atoms with Crippen LogP contribution in [0.3, 0.4) is 0 Å². The molecule has 0 saturated heterocycles. The summed E-state index contributed by atoms with van der Waals surface area (Å²) in [5.74, 6) is -3.49. The average Bonchev–Trinajstić information content (AvgIpc) is 2.73. The predicted octanol–water partition coefficient (Wildman–Crippen LogP) is 4.22. The number of aromatic carboxylic acids is 1. The first-order valence-electron chi connectivity index (χ1n) is 9.31. The van der Waals surface area contributed by atoms with Crippen molar-refractivity contribution < 1.29 is 35.9 Å². The van der Waals surface area contributed by atoms with E-state index in [1.807, 2.05) is 0 Å². The molecule has 0 atom stereocenters. The zero-order chi connectivity index (χ0) is 25.3. The topological polar surface area (TPSA) is 125 Å². The minimum atomic E-state index is -4.87. The Labute approximate surface area is 191 Å². The van der Waals surface area contributed by atoms with Gasteiger partial charge in [-0.2, -0.15) is 18.2 Å². The summed E-state index contributed by atoms with van der Waals surface area (Å²) < 4.78 is 79.7. The maximum absolute atomic E-state index is 14.2. The van der Waals surface area contributed by atoms with Crippen LogP contribution in [0, 0.1) is 5.82 Å². The number of benzene rings is 2. The fraction of sp³-hybridized carbons (Fsp3) is 0.150. The highest BCUT2D eigenvalue weighted by molar-refractivity contribution is 7.92. The highest BCUT2D eigenvalue weighted by atomic mass is 32.2. The maximum atomic E-state index is 14.2.